The first-order valence-corrected chi connectivity index (χ1v) is 12.6. The Hall–Kier alpha value is -2.18. The first kappa shape index (κ1) is 23.6. The van der Waals surface area contributed by atoms with Gasteiger partial charge >= 0.3 is 5.97 Å². The fourth-order valence-corrected chi connectivity index (χ4v) is 8.40. The Morgan fingerprint density at radius 3 is 2.76 bits per heavy atom. The highest BCUT2D eigenvalue weighted by Crippen LogP contribution is 2.69. The van der Waals surface area contributed by atoms with Crippen LogP contribution >= 0.6 is 11.6 Å². The maximum Gasteiger partial charge on any atom is 0.375 e. The number of halogens is 1. The van der Waals surface area contributed by atoms with Crippen LogP contribution in [0.5, 0.6) is 0 Å². The molecule has 0 amide bonds. The molecule has 1 heterocycles. The number of ketones is 2. The Kier molecular flexibility index (Phi) is 5.49. The highest BCUT2D eigenvalue weighted by Gasteiger charge is 2.72. The van der Waals surface area contributed by atoms with E-state index in [1.807, 2.05) is 19.9 Å². The van der Waals surface area contributed by atoms with E-state index >= 15 is 0 Å². The van der Waals surface area contributed by atoms with Gasteiger partial charge in [0.25, 0.3) is 0 Å². The number of esters is 1. The predicted molar refractivity (Wildman–Crippen MR) is 125 cm³/mol. The van der Waals surface area contributed by atoms with Gasteiger partial charge < -0.3 is 14.3 Å². The molecular weight excluding hydrogens is 456 g/mol. The zero-order valence-corrected chi connectivity index (χ0v) is 20.5. The lowest BCUT2D eigenvalue weighted by Crippen LogP contribution is -2.64. The summed E-state index contributed by atoms with van der Waals surface area (Å²) in [5, 5.41) is 11.6. The van der Waals surface area contributed by atoms with Crippen LogP contribution in [0.4, 0.5) is 0 Å². The number of aliphatic hydroxyl groups excluding tert-OH is 1. The summed E-state index contributed by atoms with van der Waals surface area (Å²) in [5.41, 5.74) is -1.58. The molecular formula is C27H31ClO6. The van der Waals surface area contributed by atoms with Gasteiger partial charge in [0.1, 0.15) is 0 Å². The fraction of sp³-hybridized carbons (Fsp3) is 0.593. The molecule has 0 radical (unpaired) electrons. The summed E-state index contributed by atoms with van der Waals surface area (Å²) in [6.45, 7) is 6.03. The maximum atomic E-state index is 13.5. The van der Waals surface area contributed by atoms with Crippen LogP contribution in [0.2, 0.25) is 0 Å². The van der Waals surface area contributed by atoms with E-state index in [-0.39, 0.29) is 46.9 Å². The summed E-state index contributed by atoms with van der Waals surface area (Å²) in [7, 11) is 0. The number of allylic oxidation sites excluding steroid dienone is 4. The number of carbonyl (C=O) groups excluding carboxylic acids is 3. The average Bonchev–Trinajstić information content (AvgIpc) is 3.40. The smallest absolute Gasteiger partial charge is 0.375 e. The zero-order chi connectivity index (χ0) is 24.5. The highest BCUT2D eigenvalue weighted by molar-refractivity contribution is 6.29. The number of alkyl halides is 1. The zero-order valence-electron chi connectivity index (χ0n) is 19.8. The van der Waals surface area contributed by atoms with Crippen molar-refractivity contribution in [1.29, 1.82) is 0 Å². The lowest BCUT2D eigenvalue weighted by molar-refractivity contribution is -0.181. The van der Waals surface area contributed by atoms with E-state index in [1.54, 1.807) is 18.2 Å². The molecule has 1 aromatic heterocycles. The molecule has 1 N–H and O–H groups in total. The van der Waals surface area contributed by atoms with Gasteiger partial charge in [-0.1, -0.05) is 32.4 Å². The van der Waals surface area contributed by atoms with Crippen molar-refractivity contribution in [2.24, 2.45) is 34.5 Å². The van der Waals surface area contributed by atoms with Crippen LogP contribution < -0.4 is 0 Å². The SMILES string of the molecule is C[C@@H]1C[C@H]2[C@@H]3CCC4=CC(=O)C=C[C@]4(C)C3[C@@H](O)C[C@]2(C)[C@@]1(OC(=O)c1ccco1)C(=O)CCl. The molecule has 0 bridgehead atoms. The molecule has 6 nitrogen and oxygen atoms in total. The molecule has 3 saturated carbocycles. The quantitative estimate of drug-likeness (QED) is 0.497. The topological polar surface area (TPSA) is 93.8 Å². The van der Waals surface area contributed by atoms with Crippen molar-refractivity contribution in [2.75, 3.05) is 5.88 Å². The van der Waals surface area contributed by atoms with Gasteiger partial charge in [0.05, 0.1) is 18.2 Å². The van der Waals surface area contributed by atoms with E-state index in [4.69, 9.17) is 20.8 Å². The molecule has 5 rings (SSSR count). The summed E-state index contributed by atoms with van der Waals surface area (Å²) < 4.78 is 11.4. The second-order valence-corrected chi connectivity index (χ2v) is 11.3. The number of furan rings is 1. The van der Waals surface area contributed by atoms with E-state index in [9.17, 15) is 19.5 Å². The average molecular weight is 487 g/mol. The van der Waals surface area contributed by atoms with Crippen LogP contribution in [0.25, 0.3) is 0 Å². The number of rotatable bonds is 4. The summed E-state index contributed by atoms with van der Waals surface area (Å²) in [6.07, 6.45) is 8.53. The van der Waals surface area contributed by atoms with Crippen molar-refractivity contribution < 1.29 is 28.6 Å². The molecule has 0 aliphatic heterocycles. The monoisotopic (exact) mass is 486 g/mol. The summed E-state index contributed by atoms with van der Waals surface area (Å²) in [5.74, 6) is -1.46. The molecule has 4 aliphatic rings. The summed E-state index contributed by atoms with van der Waals surface area (Å²) in [6, 6.07) is 3.11. The number of ether oxygens (including phenoxy) is 1. The minimum absolute atomic E-state index is 0.00730. The molecule has 4 aliphatic carbocycles. The van der Waals surface area contributed by atoms with E-state index in [0.717, 1.165) is 18.4 Å². The van der Waals surface area contributed by atoms with Gasteiger partial charge in [-0.2, -0.15) is 0 Å². The van der Waals surface area contributed by atoms with Gasteiger partial charge in [0.2, 0.25) is 5.76 Å². The summed E-state index contributed by atoms with van der Waals surface area (Å²) >= 11 is 6.11. The van der Waals surface area contributed by atoms with E-state index < -0.39 is 28.5 Å². The van der Waals surface area contributed by atoms with Gasteiger partial charge in [-0.15, -0.1) is 11.6 Å². The van der Waals surface area contributed by atoms with Gasteiger partial charge in [-0.05, 0) is 61.8 Å². The highest BCUT2D eigenvalue weighted by atomic mass is 35.5. The maximum absolute atomic E-state index is 13.5. The Morgan fingerprint density at radius 2 is 2.09 bits per heavy atom. The number of fused-ring (bicyclic) bond motifs is 5. The fourth-order valence-electron chi connectivity index (χ4n) is 8.20. The molecule has 0 spiro atoms. The van der Waals surface area contributed by atoms with Gasteiger partial charge in [0.15, 0.2) is 17.2 Å². The third-order valence-electron chi connectivity index (χ3n) is 9.55. The van der Waals surface area contributed by atoms with Crippen molar-refractivity contribution in [1.82, 2.24) is 0 Å². The van der Waals surface area contributed by atoms with Crippen molar-refractivity contribution in [3.8, 4) is 0 Å². The molecule has 182 valence electrons. The van der Waals surface area contributed by atoms with Crippen LogP contribution in [-0.2, 0) is 14.3 Å². The predicted octanol–water partition coefficient (Wildman–Crippen LogP) is 4.51. The van der Waals surface area contributed by atoms with Crippen molar-refractivity contribution in [2.45, 2.75) is 58.2 Å². The lowest BCUT2D eigenvalue weighted by Gasteiger charge is -2.60. The molecule has 1 aromatic rings. The third-order valence-corrected chi connectivity index (χ3v) is 9.79. The lowest BCUT2D eigenvalue weighted by atomic mass is 9.46. The van der Waals surface area contributed by atoms with Crippen molar-refractivity contribution in [3.63, 3.8) is 0 Å². The van der Waals surface area contributed by atoms with Crippen LogP contribution in [0.15, 0.2) is 46.6 Å². The molecule has 34 heavy (non-hydrogen) atoms. The number of hydrogen-bond acceptors (Lipinski definition) is 6. The number of aliphatic hydroxyl groups is 1. The second-order valence-electron chi connectivity index (χ2n) is 11.0. The molecule has 1 unspecified atom stereocenters. The molecule has 8 atom stereocenters. The van der Waals surface area contributed by atoms with Crippen molar-refractivity contribution >= 4 is 29.1 Å². The number of carbonyl (C=O) groups is 3. The van der Waals surface area contributed by atoms with Gasteiger partial charge in [-0.3, -0.25) is 9.59 Å². The Bertz CT molecular complexity index is 1090. The standard InChI is InChI=1S/C27H31ClO6/c1-15-11-19-18-7-6-16-12-17(29)8-9-25(16,2)23(18)20(30)13-26(19,3)27(15,22(31)14-28)34-24(32)21-5-4-10-33-21/h4-5,8-10,12,15,18-20,23,30H,6-7,11,13-14H2,1-3H3/t15-,18+,19+,20+,23?,25+,26+,27+/m1/s1. The van der Waals surface area contributed by atoms with Gasteiger partial charge in [-0.25, -0.2) is 4.79 Å². The van der Waals surface area contributed by atoms with E-state index in [1.165, 1.54) is 12.3 Å². The van der Waals surface area contributed by atoms with Gasteiger partial charge in [0, 0.05) is 22.7 Å². The Labute approximate surface area is 204 Å². The largest absolute Gasteiger partial charge is 0.457 e. The molecule has 7 heteroatoms. The molecule has 0 saturated heterocycles. The minimum Gasteiger partial charge on any atom is -0.457 e. The minimum atomic E-state index is -1.45. The van der Waals surface area contributed by atoms with E-state index in [0.29, 0.717) is 12.8 Å². The Balaban J connectivity index is 1.57. The first-order chi connectivity index (χ1) is 16.1. The number of Topliss-reactive ketones (excluding diaryl/α,β-unsaturated/α-hetero) is 1. The Morgan fingerprint density at radius 1 is 1.32 bits per heavy atom. The van der Waals surface area contributed by atoms with Crippen LogP contribution in [-0.4, -0.2) is 40.2 Å². The first-order valence-electron chi connectivity index (χ1n) is 12.1. The van der Waals surface area contributed by atoms with Crippen molar-refractivity contribution in [3.05, 3.63) is 48.0 Å². The molecule has 0 aromatic carbocycles. The number of hydrogen-bond donors (Lipinski definition) is 1. The third kappa shape index (κ3) is 3.00. The normalized spacial score (nSPS) is 42.9. The second kappa shape index (κ2) is 7.92. The van der Waals surface area contributed by atoms with E-state index in [2.05, 4.69) is 6.92 Å². The molecule has 3 fully saturated rings. The van der Waals surface area contributed by atoms with Crippen LogP contribution in [0.1, 0.15) is 57.0 Å². The van der Waals surface area contributed by atoms with Crippen LogP contribution in [0.3, 0.4) is 0 Å². The van der Waals surface area contributed by atoms with Crippen LogP contribution in [0, 0.1) is 34.5 Å². The summed E-state index contributed by atoms with van der Waals surface area (Å²) in [4.78, 5) is 38.6.